The Morgan fingerprint density at radius 2 is 2.05 bits per heavy atom. The monoisotopic (exact) mass is 268 g/mol. The summed E-state index contributed by atoms with van der Waals surface area (Å²) in [5, 5.41) is 10.3. The highest BCUT2D eigenvalue weighted by Gasteiger charge is 2.50. The van der Waals surface area contributed by atoms with Gasteiger partial charge in [0.1, 0.15) is 6.10 Å². The second-order valence-electron chi connectivity index (χ2n) is 5.08. The van der Waals surface area contributed by atoms with E-state index in [0.717, 1.165) is 12.8 Å². The van der Waals surface area contributed by atoms with Crippen LogP contribution in [0.1, 0.15) is 39.8 Å². The van der Waals surface area contributed by atoms with Crippen molar-refractivity contribution >= 4 is 0 Å². The van der Waals surface area contributed by atoms with Crippen LogP contribution >= 0.6 is 0 Å². The third kappa shape index (κ3) is 2.15. The fourth-order valence-corrected chi connectivity index (χ4v) is 2.89. The Morgan fingerprint density at radius 3 is 2.53 bits per heavy atom. The maximum absolute atomic E-state index is 11.8. The highest BCUT2D eigenvalue weighted by Crippen LogP contribution is 2.44. The van der Waals surface area contributed by atoms with Crippen LogP contribution in [0, 0.1) is 5.92 Å². The van der Waals surface area contributed by atoms with Gasteiger partial charge in [0, 0.05) is 18.2 Å². The first kappa shape index (κ1) is 14.0. The van der Waals surface area contributed by atoms with Gasteiger partial charge in [-0.15, -0.1) is 0 Å². The van der Waals surface area contributed by atoms with Gasteiger partial charge in [-0.25, -0.2) is 4.79 Å². The maximum atomic E-state index is 11.8. The summed E-state index contributed by atoms with van der Waals surface area (Å²) < 4.78 is 7.22. The topological polar surface area (TPSA) is 84.3 Å². The van der Waals surface area contributed by atoms with Crippen LogP contribution in [0.2, 0.25) is 0 Å². The van der Waals surface area contributed by atoms with E-state index in [0.29, 0.717) is 0 Å². The number of aliphatic hydroxyl groups is 1. The van der Waals surface area contributed by atoms with Crippen LogP contribution in [-0.2, 0) is 4.74 Å². The van der Waals surface area contributed by atoms with Gasteiger partial charge in [0.2, 0.25) is 0 Å². The van der Waals surface area contributed by atoms with Gasteiger partial charge in [-0.05, 0) is 12.8 Å². The average Bonchev–Trinajstić information content (AvgIpc) is 2.64. The SMILES string of the molecule is CCC1(CC)O[C@@H](n2ccc(=O)[nH]c2=O)[C@H](O)[C@@H]1C. The molecule has 0 amide bonds. The number of H-pyrrole nitrogens is 1. The quantitative estimate of drug-likeness (QED) is 0.841. The summed E-state index contributed by atoms with van der Waals surface area (Å²) >= 11 is 0. The summed E-state index contributed by atoms with van der Waals surface area (Å²) in [5.41, 5.74) is -1.45. The van der Waals surface area contributed by atoms with Crippen molar-refractivity contribution in [2.24, 2.45) is 5.92 Å². The highest BCUT2D eigenvalue weighted by molar-refractivity contribution is 4.98. The number of nitrogens with one attached hydrogen (secondary N) is 1. The number of rotatable bonds is 3. The van der Waals surface area contributed by atoms with Crippen molar-refractivity contribution in [1.29, 1.82) is 0 Å². The Hall–Kier alpha value is -1.40. The van der Waals surface area contributed by atoms with E-state index >= 15 is 0 Å². The van der Waals surface area contributed by atoms with Gasteiger partial charge in [-0.3, -0.25) is 14.3 Å². The van der Waals surface area contributed by atoms with E-state index in [9.17, 15) is 14.7 Å². The lowest BCUT2D eigenvalue weighted by atomic mass is 9.83. The van der Waals surface area contributed by atoms with Gasteiger partial charge in [-0.2, -0.15) is 0 Å². The van der Waals surface area contributed by atoms with E-state index in [1.165, 1.54) is 16.8 Å². The lowest BCUT2D eigenvalue weighted by Crippen LogP contribution is -2.35. The molecular weight excluding hydrogens is 248 g/mol. The summed E-state index contributed by atoms with van der Waals surface area (Å²) in [6.07, 6.45) is 1.36. The molecule has 0 aromatic carbocycles. The van der Waals surface area contributed by atoms with Crippen molar-refractivity contribution in [3.8, 4) is 0 Å². The smallest absolute Gasteiger partial charge is 0.330 e. The summed E-state index contributed by atoms with van der Waals surface area (Å²) in [4.78, 5) is 25.0. The fraction of sp³-hybridized carbons (Fsp3) is 0.692. The molecule has 6 nitrogen and oxygen atoms in total. The number of hydrogen-bond acceptors (Lipinski definition) is 4. The maximum Gasteiger partial charge on any atom is 0.330 e. The zero-order chi connectivity index (χ0) is 14.2. The Bertz CT molecular complexity index is 558. The summed E-state index contributed by atoms with van der Waals surface area (Å²) in [6.45, 7) is 5.93. The van der Waals surface area contributed by atoms with Crippen LogP contribution < -0.4 is 11.2 Å². The van der Waals surface area contributed by atoms with Gasteiger partial charge < -0.3 is 9.84 Å². The number of hydrogen-bond donors (Lipinski definition) is 2. The molecule has 2 heterocycles. The molecule has 1 aliphatic heterocycles. The standard InChI is InChI=1S/C13H20N2O4/c1-4-13(5-2)8(3)10(17)11(19-13)15-7-6-9(16)14-12(15)18/h6-8,10-11,17H,4-5H2,1-3H3,(H,14,16,18)/t8-,10+,11+/m0/s1. The van der Waals surface area contributed by atoms with Gasteiger partial charge >= 0.3 is 5.69 Å². The largest absolute Gasteiger partial charge is 0.388 e. The van der Waals surface area contributed by atoms with Gasteiger partial charge in [0.15, 0.2) is 6.23 Å². The van der Waals surface area contributed by atoms with Crippen molar-refractivity contribution in [3.05, 3.63) is 33.1 Å². The summed E-state index contributed by atoms with van der Waals surface area (Å²) in [7, 11) is 0. The Morgan fingerprint density at radius 1 is 1.42 bits per heavy atom. The van der Waals surface area contributed by atoms with Gasteiger partial charge in [-0.1, -0.05) is 20.8 Å². The van der Waals surface area contributed by atoms with Crippen molar-refractivity contribution in [3.63, 3.8) is 0 Å². The van der Waals surface area contributed by atoms with E-state index in [4.69, 9.17) is 4.74 Å². The van der Waals surface area contributed by atoms with Crippen LogP contribution in [0.25, 0.3) is 0 Å². The molecule has 1 aromatic heterocycles. The number of nitrogens with zero attached hydrogens (tertiary/aromatic N) is 1. The predicted molar refractivity (Wildman–Crippen MR) is 69.9 cm³/mol. The molecular formula is C13H20N2O4. The van der Waals surface area contributed by atoms with E-state index < -0.39 is 29.2 Å². The Labute approximate surface area is 111 Å². The summed E-state index contributed by atoms with van der Waals surface area (Å²) in [5.74, 6) is -0.0775. The molecule has 0 radical (unpaired) electrons. The first-order chi connectivity index (χ1) is 8.95. The average molecular weight is 268 g/mol. The highest BCUT2D eigenvalue weighted by atomic mass is 16.5. The van der Waals surface area contributed by atoms with E-state index in [1.54, 1.807) is 0 Å². The third-order valence-corrected chi connectivity index (χ3v) is 4.31. The molecule has 0 aliphatic carbocycles. The van der Waals surface area contributed by atoms with Crippen LogP contribution in [0.5, 0.6) is 0 Å². The molecule has 1 aliphatic rings. The molecule has 0 saturated carbocycles. The first-order valence-corrected chi connectivity index (χ1v) is 6.62. The first-order valence-electron chi connectivity index (χ1n) is 6.62. The molecule has 1 fully saturated rings. The number of ether oxygens (including phenoxy) is 1. The molecule has 0 spiro atoms. The van der Waals surface area contributed by atoms with Crippen molar-refractivity contribution in [2.75, 3.05) is 0 Å². The van der Waals surface area contributed by atoms with Crippen LogP contribution in [0.4, 0.5) is 0 Å². The molecule has 19 heavy (non-hydrogen) atoms. The lowest BCUT2D eigenvalue weighted by Gasteiger charge is -2.30. The molecule has 6 heteroatoms. The molecule has 0 bridgehead atoms. The summed E-state index contributed by atoms with van der Waals surface area (Å²) in [6, 6.07) is 1.25. The molecule has 1 aromatic rings. The minimum absolute atomic E-state index is 0.0775. The predicted octanol–water partition coefficient (Wildman–Crippen LogP) is 0.621. The van der Waals surface area contributed by atoms with E-state index in [1.807, 2.05) is 20.8 Å². The third-order valence-electron chi connectivity index (χ3n) is 4.31. The zero-order valence-corrected chi connectivity index (χ0v) is 11.4. The van der Waals surface area contributed by atoms with E-state index in [-0.39, 0.29) is 5.92 Å². The zero-order valence-electron chi connectivity index (χ0n) is 11.4. The minimum atomic E-state index is -0.775. The number of aromatic nitrogens is 2. The fourth-order valence-electron chi connectivity index (χ4n) is 2.89. The van der Waals surface area contributed by atoms with Gasteiger partial charge in [0.25, 0.3) is 5.56 Å². The lowest BCUT2D eigenvalue weighted by molar-refractivity contribution is -0.0980. The minimum Gasteiger partial charge on any atom is -0.388 e. The molecule has 2 N–H and O–H groups in total. The normalized spacial score (nSPS) is 29.6. The van der Waals surface area contributed by atoms with Crippen molar-refractivity contribution in [2.45, 2.75) is 51.5 Å². The van der Waals surface area contributed by atoms with Crippen LogP contribution in [0.3, 0.4) is 0 Å². The Balaban J connectivity index is 2.42. The van der Waals surface area contributed by atoms with Crippen molar-refractivity contribution < 1.29 is 9.84 Å². The molecule has 0 unspecified atom stereocenters. The number of aliphatic hydroxyl groups excluding tert-OH is 1. The van der Waals surface area contributed by atoms with Gasteiger partial charge in [0.05, 0.1) is 5.60 Å². The van der Waals surface area contributed by atoms with E-state index in [2.05, 4.69) is 4.98 Å². The Kier molecular flexibility index (Phi) is 3.64. The molecule has 3 atom stereocenters. The second kappa shape index (κ2) is 4.94. The molecule has 1 saturated heterocycles. The van der Waals surface area contributed by atoms with Crippen molar-refractivity contribution in [1.82, 2.24) is 9.55 Å². The van der Waals surface area contributed by atoms with Crippen LogP contribution in [0.15, 0.2) is 21.9 Å². The second-order valence-corrected chi connectivity index (χ2v) is 5.08. The molecule has 106 valence electrons. The number of aromatic amines is 1. The molecule has 2 rings (SSSR count). The van der Waals surface area contributed by atoms with Crippen LogP contribution in [-0.4, -0.2) is 26.4 Å².